The van der Waals surface area contributed by atoms with E-state index in [1.165, 1.54) is 0 Å². The first kappa shape index (κ1) is 7.06. The largest absolute Gasteiger partial charge is 0.367 e. The van der Waals surface area contributed by atoms with Crippen molar-refractivity contribution < 1.29 is 6.22 Å². The molecule has 0 aliphatic rings. The Hall–Kier alpha value is -1.05. The highest BCUT2D eigenvalue weighted by atomic mass is 16.1. The summed E-state index contributed by atoms with van der Waals surface area (Å²) in [5, 5.41) is 0. The van der Waals surface area contributed by atoms with Gasteiger partial charge in [-0.1, -0.05) is 13.8 Å². The van der Waals surface area contributed by atoms with Crippen LogP contribution in [0.25, 0.3) is 0 Å². The molecular weight excluding hydrogens is 126 g/mol. The standard InChI is InChI=1S/C8H11NO.H2/c1-6(2)8(10)7-3-4-9-5-7;/h3-6,9H,1-2H3;1H. The average Bonchev–Trinajstić information content (AvgIpc) is 2.36. The molecule has 1 rings (SSSR count). The molecule has 1 N–H and O–H groups in total. The minimum absolute atomic E-state index is 0. The molecule has 1 heterocycles. The van der Waals surface area contributed by atoms with Crippen LogP contribution in [0, 0.1) is 5.92 Å². The molecule has 0 saturated heterocycles. The monoisotopic (exact) mass is 139 g/mol. The molecule has 0 aromatic carbocycles. The van der Waals surface area contributed by atoms with E-state index in [4.69, 9.17) is 0 Å². The van der Waals surface area contributed by atoms with Crippen LogP contribution in [0.15, 0.2) is 18.5 Å². The Kier molecular flexibility index (Phi) is 1.90. The molecule has 56 valence electrons. The van der Waals surface area contributed by atoms with Crippen LogP contribution in [0.2, 0.25) is 0 Å². The van der Waals surface area contributed by atoms with Crippen molar-refractivity contribution in [1.82, 2.24) is 4.98 Å². The number of aromatic amines is 1. The highest BCUT2D eigenvalue weighted by molar-refractivity contribution is 5.97. The molecule has 0 bridgehead atoms. The quantitative estimate of drug-likeness (QED) is 0.625. The van der Waals surface area contributed by atoms with Crippen molar-refractivity contribution in [1.29, 1.82) is 0 Å². The molecule has 1 aromatic rings. The van der Waals surface area contributed by atoms with Crippen molar-refractivity contribution in [2.45, 2.75) is 13.8 Å². The van der Waals surface area contributed by atoms with Crippen LogP contribution in [-0.2, 0) is 0 Å². The third kappa shape index (κ3) is 1.26. The fraction of sp³-hybridized carbons (Fsp3) is 0.375. The molecule has 0 aliphatic heterocycles. The van der Waals surface area contributed by atoms with Crippen LogP contribution in [0.3, 0.4) is 0 Å². The van der Waals surface area contributed by atoms with E-state index in [9.17, 15) is 4.79 Å². The van der Waals surface area contributed by atoms with E-state index in [0.717, 1.165) is 5.56 Å². The lowest BCUT2D eigenvalue weighted by molar-refractivity contribution is 0.0939. The fourth-order valence-electron chi connectivity index (χ4n) is 0.810. The van der Waals surface area contributed by atoms with Crippen molar-refractivity contribution in [3.05, 3.63) is 24.0 Å². The summed E-state index contributed by atoms with van der Waals surface area (Å²) >= 11 is 0. The van der Waals surface area contributed by atoms with Gasteiger partial charge in [0.15, 0.2) is 5.78 Å². The van der Waals surface area contributed by atoms with E-state index in [2.05, 4.69) is 4.98 Å². The number of carbonyl (C=O) groups excluding carboxylic acids is 1. The van der Waals surface area contributed by atoms with E-state index in [1.54, 1.807) is 18.5 Å². The number of aromatic nitrogens is 1. The Morgan fingerprint density at radius 1 is 1.70 bits per heavy atom. The summed E-state index contributed by atoms with van der Waals surface area (Å²) < 4.78 is 0. The third-order valence-corrected chi connectivity index (χ3v) is 1.41. The van der Waals surface area contributed by atoms with E-state index in [0.29, 0.717) is 0 Å². The van der Waals surface area contributed by atoms with Gasteiger partial charge in [0.05, 0.1) is 0 Å². The van der Waals surface area contributed by atoms with Gasteiger partial charge in [0, 0.05) is 25.3 Å². The summed E-state index contributed by atoms with van der Waals surface area (Å²) in [5.74, 6) is 0.289. The lowest BCUT2D eigenvalue weighted by atomic mass is 10.0. The highest BCUT2D eigenvalue weighted by Crippen LogP contribution is 2.05. The van der Waals surface area contributed by atoms with Crippen molar-refractivity contribution in [3.8, 4) is 0 Å². The minimum Gasteiger partial charge on any atom is -0.367 e. The van der Waals surface area contributed by atoms with E-state index >= 15 is 0 Å². The Morgan fingerprint density at radius 2 is 2.40 bits per heavy atom. The molecule has 2 heteroatoms. The molecule has 0 aliphatic carbocycles. The van der Waals surface area contributed by atoms with Gasteiger partial charge in [0.1, 0.15) is 0 Å². The summed E-state index contributed by atoms with van der Waals surface area (Å²) in [6, 6.07) is 1.79. The average molecular weight is 139 g/mol. The summed E-state index contributed by atoms with van der Waals surface area (Å²) in [5.41, 5.74) is 0.773. The molecule has 0 amide bonds. The number of carbonyl (C=O) groups is 1. The zero-order chi connectivity index (χ0) is 7.56. The van der Waals surface area contributed by atoms with E-state index < -0.39 is 0 Å². The van der Waals surface area contributed by atoms with Crippen molar-refractivity contribution in [2.75, 3.05) is 0 Å². The predicted octanol–water partition coefficient (Wildman–Crippen LogP) is 2.10. The van der Waals surface area contributed by atoms with Gasteiger partial charge in [-0.25, -0.2) is 0 Å². The van der Waals surface area contributed by atoms with E-state index in [-0.39, 0.29) is 13.1 Å². The van der Waals surface area contributed by atoms with Crippen molar-refractivity contribution in [2.24, 2.45) is 5.92 Å². The fourth-order valence-corrected chi connectivity index (χ4v) is 0.810. The van der Waals surface area contributed by atoms with Crippen LogP contribution in [0.4, 0.5) is 0 Å². The normalized spacial score (nSPS) is 10.3. The van der Waals surface area contributed by atoms with Crippen LogP contribution >= 0.6 is 0 Å². The topological polar surface area (TPSA) is 32.9 Å². The van der Waals surface area contributed by atoms with Crippen LogP contribution < -0.4 is 0 Å². The number of hydrogen-bond donors (Lipinski definition) is 1. The Bertz CT molecular complexity index is 216. The van der Waals surface area contributed by atoms with Crippen molar-refractivity contribution >= 4 is 5.78 Å². The van der Waals surface area contributed by atoms with Gasteiger partial charge in [-0.05, 0) is 6.07 Å². The second-order valence-corrected chi connectivity index (χ2v) is 2.62. The molecule has 0 fully saturated rings. The number of Topliss-reactive ketones (excluding diaryl/α,β-unsaturated/α-hetero) is 1. The number of hydrogen-bond acceptors (Lipinski definition) is 1. The molecule has 1 aromatic heterocycles. The van der Waals surface area contributed by atoms with Crippen LogP contribution in [0.1, 0.15) is 25.6 Å². The number of nitrogens with one attached hydrogen (secondary N) is 1. The summed E-state index contributed by atoms with van der Waals surface area (Å²) in [6.45, 7) is 3.80. The summed E-state index contributed by atoms with van der Waals surface area (Å²) in [6.07, 6.45) is 3.48. The van der Waals surface area contributed by atoms with Crippen LogP contribution in [0.5, 0.6) is 0 Å². The third-order valence-electron chi connectivity index (χ3n) is 1.41. The second kappa shape index (κ2) is 2.69. The molecule has 2 nitrogen and oxygen atoms in total. The smallest absolute Gasteiger partial charge is 0.166 e. The Balaban J connectivity index is 0.000001000. The van der Waals surface area contributed by atoms with Gasteiger partial charge in [-0.2, -0.15) is 0 Å². The second-order valence-electron chi connectivity index (χ2n) is 2.62. The van der Waals surface area contributed by atoms with Crippen LogP contribution in [-0.4, -0.2) is 10.8 Å². The van der Waals surface area contributed by atoms with Gasteiger partial charge < -0.3 is 4.98 Å². The molecular formula is C8H13NO. The lowest BCUT2D eigenvalue weighted by Crippen LogP contribution is -2.05. The summed E-state index contributed by atoms with van der Waals surface area (Å²) in [4.78, 5) is 14.0. The number of H-pyrrole nitrogens is 1. The molecule has 0 unspecified atom stereocenters. The van der Waals surface area contributed by atoms with Gasteiger partial charge >= 0.3 is 0 Å². The minimum atomic E-state index is 0. The highest BCUT2D eigenvalue weighted by Gasteiger charge is 2.08. The molecule has 0 atom stereocenters. The van der Waals surface area contributed by atoms with Gasteiger partial charge in [0.2, 0.25) is 0 Å². The molecule has 0 saturated carbocycles. The molecule has 10 heavy (non-hydrogen) atoms. The SMILES string of the molecule is CC(C)C(=O)c1cc[nH]c1.[HH]. The summed E-state index contributed by atoms with van der Waals surface area (Å²) in [7, 11) is 0. The first-order valence-electron chi connectivity index (χ1n) is 3.39. The lowest BCUT2D eigenvalue weighted by Gasteiger charge is -1.98. The maximum Gasteiger partial charge on any atom is 0.166 e. The van der Waals surface area contributed by atoms with Gasteiger partial charge in [-0.3, -0.25) is 4.79 Å². The predicted molar refractivity (Wildman–Crippen MR) is 42.1 cm³/mol. The maximum atomic E-state index is 11.2. The zero-order valence-electron chi connectivity index (χ0n) is 6.22. The number of ketones is 1. The first-order chi connectivity index (χ1) is 4.72. The molecule has 0 spiro atoms. The number of rotatable bonds is 2. The molecule has 0 radical (unpaired) electrons. The van der Waals surface area contributed by atoms with Crippen molar-refractivity contribution in [3.63, 3.8) is 0 Å². The zero-order valence-corrected chi connectivity index (χ0v) is 6.22. The van der Waals surface area contributed by atoms with Gasteiger partial charge in [0.25, 0.3) is 0 Å². The maximum absolute atomic E-state index is 11.2. The van der Waals surface area contributed by atoms with E-state index in [1.807, 2.05) is 13.8 Å². The van der Waals surface area contributed by atoms with Gasteiger partial charge in [-0.15, -0.1) is 0 Å². The first-order valence-corrected chi connectivity index (χ1v) is 3.39. The Labute approximate surface area is 61.7 Å². The Morgan fingerprint density at radius 3 is 2.80 bits per heavy atom.